The van der Waals surface area contributed by atoms with Crippen molar-refractivity contribution in [2.24, 2.45) is 5.10 Å². The first-order chi connectivity index (χ1) is 14.0. The molecule has 2 aliphatic heterocycles. The molecule has 2 heterocycles. The Morgan fingerprint density at radius 1 is 1.24 bits per heavy atom. The monoisotopic (exact) mass is 395 g/mol. The van der Waals surface area contributed by atoms with Crippen molar-refractivity contribution in [3.63, 3.8) is 0 Å². The Morgan fingerprint density at radius 2 is 2.03 bits per heavy atom. The number of carbonyl (C=O) groups excluding carboxylic acids is 2. The molecule has 0 radical (unpaired) electrons. The van der Waals surface area contributed by atoms with Crippen molar-refractivity contribution in [2.75, 3.05) is 13.9 Å². The molecule has 2 aromatic rings. The van der Waals surface area contributed by atoms with Crippen LogP contribution in [0.1, 0.15) is 24.5 Å². The number of hydrogen-bond acceptors (Lipinski definition) is 6. The highest BCUT2D eigenvalue weighted by Crippen LogP contribution is 2.41. The number of nitrogens with one attached hydrogen (secondary N) is 1. The summed E-state index contributed by atoms with van der Waals surface area (Å²) in [7, 11) is 1.52. The van der Waals surface area contributed by atoms with Gasteiger partial charge in [-0.25, -0.2) is 4.79 Å². The maximum absolute atomic E-state index is 12.8. The van der Waals surface area contributed by atoms with E-state index >= 15 is 0 Å². The van der Waals surface area contributed by atoms with E-state index in [2.05, 4.69) is 10.4 Å². The molecule has 29 heavy (non-hydrogen) atoms. The zero-order valence-corrected chi connectivity index (χ0v) is 16.2. The van der Waals surface area contributed by atoms with Crippen molar-refractivity contribution in [3.05, 3.63) is 53.6 Å². The van der Waals surface area contributed by atoms with Crippen LogP contribution in [-0.2, 0) is 11.2 Å². The Kier molecular flexibility index (Phi) is 4.84. The van der Waals surface area contributed by atoms with Crippen LogP contribution >= 0.6 is 0 Å². The van der Waals surface area contributed by atoms with E-state index < -0.39 is 11.6 Å². The fraction of sp³-hybridized carbons (Fsp3) is 0.286. The SMILES string of the molecule is COc1cc(/C=N\N2C(=O)N[C@](C)(CCc3ccccc3)C2=O)cc2c1OCO2. The van der Waals surface area contributed by atoms with Gasteiger partial charge < -0.3 is 19.5 Å². The van der Waals surface area contributed by atoms with Gasteiger partial charge in [0.25, 0.3) is 5.91 Å². The number of aryl methyl sites for hydroxylation is 1. The molecule has 0 saturated carbocycles. The van der Waals surface area contributed by atoms with E-state index in [1.165, 1.54) is 13.3 Å². The first-order valence-corrected chi connectivity index (χ1v) is 9.22. The van der Waals surface area contributed by atoms with Gasteiger partial charge in [0.15, 0.2) is 11.5 Å². The third-order valence-corrected chi connectivity index (χ3v) is 5.00. The minimum absolute atomic E-state index is 0.110. The summed E-state index contributed by atoms with van der Waals surface area (Å²) in [5.74, 6) is 1.15. The zero-order chi connectivity index (χ0) is 20.4. The van der Waals surface area contributed by atoms with Gasteiger partial charge in [0, 0.05) is 5.56 Å². The molecule has 3 amide bonds. The number of methoxy groups -OCH3 is 1. The van der Waals surface area contributed by atoms with Gasteiger partial charge in [0.2, 0.25) is 12.5 Å². The topological polar surface area (TPSA) is 89.5 Å². The Hall–Kier alpha value is -3.55. The molecular weight excluding hydrogens is 374 g/mol. The average molecular weight is 395 g/mol. The summed E-state index contributed by atoms with van der Waals surface area (Å²) < 4.78 is 16.0. The molecule has 1 fully saturated rings. The second kappa shape index (κ2) is 7.46. The lowest BCUT2D eigenvalue weighted by atomic mass is 9.93. The van der Waals surface area contributed by atoms with Crippen molar-refractivity contribution in [1.82, 2.24) is 10.3 Å². The summed E-state index contributed by atoms with van der Waals surface area (Å²) in [5, 5.41) is 7.72. The number of urea groups is 1. The molecule has 8 heteroatoms. The average Bonchev–Trinajstić information content (AvgIpc) is 3.28. The number of rotatable bonds is 6. The molecule has 2 aliphatic rings. The molecule has 0 bridgehead atoms. The lowest BCUT2D eigenvalue weighted by Gasteiger charge is -2.20. The standard InChI is InChI=1S/C21H21N3O5/c1-21(9-8-14-6-4-3-5-7-14)19(25)24(20(26)23-21)22-12-15-10-16(27-2)18-17(11-15)28-13-29-18/h3-7,10-12H,8-9,13H2,1-2H3,(H,23,26)/b22-12-/t21-/m1/s1. The van der Waals surface area contributed by atoms with Crippen LogP contribution in [0.3, 0.4) is 0 Å². The van der Waals surface area contributed by atoms with Crippen molar-refractivity contribution in [1.29, 1.82) is 0 Å². The quantitative estimate of drug-likeness (QED) is 0.600. The van der Waals surface area contributed by atoms with Crippen molar-refractivity contribution in [2.45, 2.75) is 25.3 Å². The maximum Gasteiger partial charge on any atom is 0.346 e. The highest BCUT2D eigenvalue weighted by molar-refractivity contribution is 6.07. The predicted molar refractivity (Wildman–Crippen MR) is 105 cm³/mol. The number of nitrogens with zero attached hydrogens (tertiary/aromatic N) is 2. The molecule has 0 unspecified atom stereocenters. The summed E-state index contributed by atoms with van der Waals surface area (Å²) in [6.07, 6.45) is 2.57. The lowest BCUT2D eigenvalue weighted by Crippen LogP contribution is -2.44. The Labute approximate surface area is 168 Å². The van der Waals surface area contributed by atoms with Crippen LogP contribution in [0, 0.1) is 0 Å². The maximum atomic E-state index is 12.8. The van der Waals surface area contributed by atoms with Gasteiger partial charge in [0.1, 0.15) is 5.54 Å². The van der Waals surface area contributed by atoms with Gasteiger partial charge in [-0.1, -0.05) is 30.3 Å². The molecular formula is C21H21N3O5. The fourth-order valence-electron chi connectivity index (χ4n) is 3.33. The van der Waals surface area contributed by atoms with Gasteiger partial charge in [-0.2, -0.15) is 5.10 Å². The summed E-state index contributed by atoms with van der Waals surface area (Å²) in [6.45, 7) is 1.83. The number of carbonyl (C=O) groups is 2. The second-order valence-corrected chi connectivity index (χ2v) is 7.07. The highest BCUT2D eigenvalue weighted by atomic mass is 16.7. The van der Waals surface area contributed by atoms with E-state index in [0.29, 0.717) is 35.7 Å². The molecule has 0 aliphatic carbocycles. The molecule has 1 atom stereocenters. The van der Waals surface area contributed by atoms with Crippen molar-refractivity contribution in [3.8, 4) is 17.2 Å². The predicted octanol–water partition coefficient (Wildman–Crippen LogP) is 2.70. The second-order valence-electron chi connectivity index (χ2n) is 7.07. The summed E-state index contributed by atoms with van der Waals surface area (Å²) in [5.41, 5.74) is 0.714. The number of fused-ring (bicyclic) bond motifs is 1. The summed E-state index contributed by atoms with van der Waals surface area (Å²) in [4.78, 5) is 25.2. The van der Waals surface area contributed by atoms with Crippen LogP contribution < -0.4 is 19.5 Å². The van der Waals surface area contributed by atoms with Crippen LogP contribution in [0.2, 0.25) is 0 Å². The largest absolute Gasteiger partial charge is 0.493 e. The minimum Gasteiger partial charge on any atom is -0.493 e. The molecule has 150 valence electrons. The van der Waals surface area contributed by atoms with Gasteiger partial charge in [-0.15, -0.1) is 5.01 Å². The minimum atomic E-state index is -1.00. The fourth-order valence-corrected chi connectivity index (χ4v) is 3.33. The van der Waals surface area contributed by atoms with E-state index in [-0.39, 0.29) is 12.7 Å². The number of imide groups is 1. The van der Waals surface area contributed by atoms with E-state index in [0.717, 1.165) is 10.6 Å². The zero-order valence-electron chi connectivity index (χ0n) is 16.2. The Bertz CT molecular complexity index is 976. The van der Waals surface area contributed by atoms with Gasteiger partial charge in [-0.3, -0.25) is 4.79 Å². The van der Waals surface area contributed by atoms with Crippen LogP contribution in [0.15, 0.2) is 47.6 Å². The van der Waals surface area contributed by atoms with Crippen LogP contribution in [0.5, 0.6) is 17.2 Å². The van der Waals surface area contributed by atoms with Crippen LogP contribution in [-0.4, -0.2) is 42.6 Å². The first-order valence-electron chi connectivity index (χ1n) is 9.22. The van der Waals surface area contributed by atoms with E-state index in [4.69, 9.17) is 14.2 Å². The molecule has 1 saturated heterocycles. The molecule has 1 N–H and O–H groups in total. The normalized spacial score (nSPS) is 20.4. The number of hydrogen-bond donors (Lipinski definition) is 1. The molecule has 2 aromatic carbocycles. The molecule has 8 nitrogen and oxygen atoms in total. The number of hydrazone groups is 1. The van der Waals surface area contributed by atoms with Gasteiger partial charge >= 0.3 is 6.03 Å². The molecule has 0 aromatic heterocycles. The Morgan fingerprint density at radius 3 is 2.79 bits per heavy atom. The molecule has 0 spiro atoms. The third-order valence-electron chi connectivity index (χ3n) is 5.00. The summed E-state index contributed by atoms with van der Waals surface area (Å²) in [6, 6.07) is 12.7. The first kappa shape index (κ1) is 18.8. The lowest BCUT2D eigenvalue weighted by molar-refractivity contribution is -0.130. The molecule has 4 rings (SSSR count). The third kappa shape index (κ3) is 3.61. The van der Waals surface area contributed by atoms with E-state index in [1.54, 1.807) is 19.1 Å². The van der Waals surface area contributed by atoms with Crippen molar-refractivity contribution >= 4 is 18.2 Å². The number of amides is 3. The van der Waals surface area contributed by atoms with Gasteiger partial charge in [0.05, 0.1) is 13.3 Å². The smallest absolute Gasteiger partial charge is 0.346 e. The van der Waals surface area contributed by atoms with Crippen LogP contribution in [0.4, 0.5) is 4.79 Å². The van der Waals surface area contributed by atoms with E-state index in [9.17, 15) is 9.59 Å². The van der Waals surface area contributed by atoms with E-state index in [1.807, 2.05) is 30.3 Å². The Balaban J connectivity index is 1.49. The van der Waals surface area contributed by atoms with Gasteiger partial charge in [-0.05, 0) is 37.5 Å². The highest BCUT2D eigenvalue weighted by Gasteiger charge is 2.47. The number of benzene rings is 2. The summed E-state index contributed by atoms with van der Waals surface area (Å²) >= 11 is 0. The van der Waals surface area contributed by atoms with Crippen molar-refractivity contribution < 1.29 is 23.8 Å². The number of ether oxygens (including phenoxy) is 3. The van der Waals surface area contributed by atoms with Crippen LogP contribution in [0.25, 0.3) is 0 Å².